The Balaban J connectivity index is 2.08. The molecule has 0 aliphatic carbocycles. The first-order valence-corrected chi connectivity index (χ1v) is 7.64. The molecule has 0 radical (unpaired) electrons. The Kier molecular flexibility index (Phi) is 3.96. The van der Waals surface area contributed by atoms with Crippen molar-refractivity contribution in [1.29, 1.82) is 0 Å². The molecule has 0 aliphatic rings. The summed E-state index contributed by atoms with van der Waals surface area (Å²) in [7, 11) is 1.30. The minimum atomic E-state index is -0.477. The molecule has 1 aromatic carbocycles. The Labute approximate surface area is 135 Å². The van der Waals surface area contributed by atoms with Crippen LogP contribution in [0.3, 0.4) is 0 Å². The van der Waals surface area contributed by atoms with E-state index in [1.807, 2.05) is 0 Å². The number of ether oxygens (including phenoxy) is 1. The minimum absolute atomic E-state index is 0.233. The Morgan fingerprint density at radius 2 is 2.04 bits per heavy atom. The maximum atomic E-state index is 13.0. The molecule has 3 aromatic rings. The minimum Gasteiger partial charge on any atom is -0.465 e. The molecule has 0 saturated carbocycles. The van der Waals surface area contributed by atoms with Crippen LogP contribution in [-0.2, 0) is 11.3 Å². The molecule has 0 spiro atoms. The number of hydrogen-bond acceptors (Lipinski definition) is 5. The van der Waals surface area contributed by atoms with E-state index in [9.17, 15) is 14.0 Å². The average molecular weight is 332 g/mol. The molecule has 0 amide bonds. The monoisotopic (exact) mass is 332 g/mol. The fourth-order valence-corrected chi connectivity index (χ4v) is 3.40. The fraction of sp³-hybridized carbons (Fsp3) is 0.188. The highest BCUT2D eigenvalue weighted by molar-refractivity contribution is 7.20. The second-order valence-electron chi connectivity index (χ2n) is 5.03. The number of aromatic nitrogens is 2. The molecule has 3 rings (SSSR count). The number of hydrogen-bond donors (Lipinski definition) is 0. The van der Waals surface area contributed by atoms with Crippen molar-refractivity contribution < 1.29 is 13.9 Å². The fourth-order valence-electron chi connectivity index (χ4n) is 2.35. The number of rotatable bonds is 3. The van der Waals surface area contributed by atoms with Crippen molar-refractivity contribution in [2.75, 3.05) is 7.11 Å². The molecule has 0 atom stereocenters. The molecule has 118 valence electrons. The lowest BCUT2D eigenvalue weighted by Crippen LogP contribution is -2.21. The van der Waals surface area contributed by atoms with Crippen LogP contribution in [0.2, 0.25) is 0 Å². The number of fused-ring (bicyclic) bond motifs is 1. The zero-order valence-corrected chi connectivity index (χ0v) is 13.3. The third-order valence-corrected chi connectivity index (χ3v) is 4.73. The molecule has 0 bridgehead atoms. The Hall–Kier alpha value is -2.54. The lowest BCUT2D eigenvalue weighted by Gasteiger charge is -2.05. The summed E-state index contributed by atoms with van der Waals surface area (Å²) in [5.41, 5.74) is 1.13. The van der Waals surface area contributed by atoms with Gasteiger partial charge in [-0.3, -0.25) is 9.36 Å². The van der Waals surface area contributed by atoms with Gasteiger partial charge in [0, 0.05) is 0 Å². The van der Waals surface area contributed by atoms with Crippen LogP contribution in [-0.4, -0.2) is 22.6 Å². The van der Waals surface area contributed by atoms with Crippen LogP contribution in [0.15, 0.2) is 35.4 Å². The smallest absolute Gasteiger partial charge is 0.348 e. The number of methoxy groups -OCH3 is 1. The zero-order chi connectivity index (χ0) is 16.6. The van der Waals surface area contributed by atoms with E-state index in [1.165, 1.54) is 30.1 Å². The van der Waals surface area contributed by atoms with Gasteiger partial charge in [-0.05, 0) is 30.2 Å². The van der Waals surface area contributed by atoms with E-state index < -0.39 is 5.97 Å². The normalized spacial score (nSPS) is 10.9. The maximum Gasteiger partial charge on any atom is 0.348 e. The Morgan fingerprint density at radius 1 is 1.35 bits per heavy atom. The topological polar surface area (TPSA) is 61.2 Å². The van der Waals surface area contributed by atoms with Crippen LogP contribution in [0.25, 0.3) is 10.2 Å². The first-order chi connectivity index (χ1) is 11.0. The zero-order valence-electron chi connectivity index (χ0n) is 12.5. The van der Waals surface area contributed by atoms with E-state index in [2.05, 4.69) is 4.98 Å². The number of carbonyl (C=O) groups excluding carboxylic acids is 1. The molecular weight excluding hydrogens is 319 g/mol. The molecular formula is C16H13FN2O3S. The summed E-state index contributed by atoms with van der Waals surface area (Å²) in [4.78, 5) is 29.5. The van der Waals surface area contributed by atoms with E-state index in [-0.39, 0.29) is 17.9 Å². The van der Waals surface area contributed by atoms with E-state index in [0.717, 1.165) is 16.9 Å². The summed E-state index contributed by atoms with van der Waals surface area (Å²) < 4.78 is 19.1. The van der Waals surface area contributed by atoms with E-state index in [1.54, 1.807) is 19.1 Å². The van der Waals surface area contributed by atoms with Gasteiger partial charge in [0.25, 0.3) is 5.56 Å². The average Bonchev–Trinajstić information content (AvgIpc) is 2.89. The van der Waals surface area contributed by atoms with Crippen LogP contribution in [0.1, 0.15) is 20.8 Å². The van der Waals surface area contributed by atoms with Gasteiger partial charge in [0.05, 0.1) is 25.4 Å². The molecule has 0 N–H and O–H groups in total. The molecule has 2 aromatic heterocycles. The van der Waals surface area contributed by atoms with Crippen molar-refractivity contribution in [1.82, 2.24) is 9.55 Å². The van der Waals surface area contributed by atoms with Crippen LogP contribution in [0.5, 0.6) is 0 Å². The number of thiophene rings is 1. The molecule has 0 aliphatic heterocycles. The molecule has 7 heteroatoms. The van der Waals surface area contributed by atoms with Crippen molar-refractivity contribution in [3.63, 3.8) is 0 Å². The largest absolute Gasteiger partial charge is 0.465 e. The molecule has 0 fully saturated rings. The van der Waals surface area contributed by atoms with Gasteiger partial charge in [-0.25, -0.2) is 14.2 Å². The van der Waals surface area contributed by atoms with Crippen molar-refractivity contribution in [2.45, 2.75) is 13.5 Å². The van der Waals surface area contributed by atoms with Crippen LogP contribution in [0, 0.1) is 12.7 Å². The number of aryl methyl sites for hydroxylation is 1. The van der Waals surface area contributed by atoms with Gasteiger partial charge in [-0.1, -0.05) is 12.1 Å². The summed E-state index contributed by atoms with van der Waals surface area (Å²) in [6.07, 6.45) is 1.44. The Morgan fingerprint density at radius 3 is 2.70 bits per heavy atom. The predicted molar refractivity (Wildman–Crippen MR) is 85.5 cm³/mol. The first kappa shape index (κ1) is 15.4. The van der Waals surface area contributed by atoms with Gasteiger partial charge in [-0.2, -0.15) is 0 Å². The van der Waals surface area contributed by atoms with E-state index in [4.69, 9.17) is 4.74 Å². The standard InChI is InChI=1S/C16H13FN2O3S/c1-9-12-14(23-13(9)16(21)22-2)18-8-19(15(12)20)7-10-3-5-11(17)6-4-10/h3-6,8H,7H2,1-2H3. The third kappa shape index (κ3) is 2.75. The molecule has 5 nitrogen and oxygen atoms in total. The van der Waals surface area contributed by atoms with Crippen LogP contribution < -0.4 is 5.56 Å². The molecule has 0 saturated heterocycles. The first-order valence-electron chi connectivity index (χ1n) is 6.82. The summed E-state index contributed by atoms with van der Waals surface area (Å²) in [5, 5.41) is 0.417. The van der Waals surface area contributed by atoms with Gasteiger partial charge >= 0.3 is 5.97 Å². The number of benzene rings is 1. The molecule has 2 heterocycles. The van der Waals surface area contributed by atoms with Gasteiger partial charge in [0.1, 0.15) is 15.5 Å². The van der Waals surface area contributed by atoms with Crippen molar-refractivity contribution >= 4 is 27.5 Å². The van der Waals surface area contributed by atoms with E-state index >= 15 is 0 Å². The van der Waals surface area contributed by atoms with Gasteiger partial charge in [0.2, 0.25) is 0 Å². The van der Waals surface area contributed by atoms with Crippen molar-refractivity contribution in [3.05, 3.63) is 62.8 Å². The molecule has 23 heavy (non-hydrogen) atoms. The Bertz CT molecular complexity index is 944. The SMILES string of the molecule is COC(=O)c1sc2ncn(Cc3ccc(F)cc3)c(=O)c2c1C. The van der Waals surface area contributed by atoms with Gasteiger partial charge in [0.15, 0.2) is 0 Å². The van der Waals surface area contributed by atoms with Gasteiger partial charge < -0.3 is 4.74 Å². The van der Waals surface area contributed by atoms with E-state index in [0.29, 0.717) is 20.7 Å². The quantitative estimate of drug-likeness (QED) is 0.692. The van der Waals surface area contributed by atoms with Gasteiger partial charge in [-0.15, -0.1) is 11.3 Å². The number of carbonyl (C=O) groups is 1. The number of esters is 1. The summed E-state index contributed by atoms with van der Waals surface area (Å²) in [5.74, 6) is -0.805. The summed E-state index contributed by atoms with van der Waals surface area (Å²) in [6, 6.07) is 5.92. The van der Waals surface area contributed by atoms with Crippen LogP contribution >= 0.6 is 11.3 Å². The van der Waals surface area contributed by atoms with Crippen LogP contribution in [0.4, 0.5) is 4.39 Å². The molecule has 0 unspecified atom stereocenters. The predicted octanol–water partition coefficient (Wildman–Crippen LogP) is 2.74. The number of nitrogens with zero attached hydrogens (tertiary/aromatic N) is 2. The number of halogens is 1. The highest BCUT2D eigenvalue weighted by Gasteiger charge is 2.19. The summed E-state index contributed by atoms with van der Waals surface area (Å²) >= 11 is 1.14. The second-order valence-corrected chi connectivity index (χ2v) is 6.03. The maximum absolute atomic E-state index is 13.0. The van der Waals surface area contributed by atoms with Crippen molar-refractivity contribution in [3.8, 4) is 0 Å². The summed E-state index contributed by atoms with van der Waals surface area (Å²) in [6.45, 7) is 1.99. The lowest BCUT2D eigenvalue weighted by atomic mass is 10.2. The third-order valence-electron chi connectivity index (χ3n) is 3.55. The highest BCUT2D eigenvalue weighted by atomic mass is 32.1. The van der Waals surface area contributed by atoms with Crippen molar-refractivity contribution in [2.24, 2.45) is 0 Å². The highest BCUT2D eigenvalue weighted by Crippen LogP contribution is 2.27. The lowest BCUT2D eigenvalue weighted by molar-refractivity contribution is 0.0605. The second kappa shape index (κ2) is 5.92.